The van der Waals surface area contributed by atoms with Crippen LogP contribution < -0.4 is 5.32 Å². The summed E-state index contributed by atoms with van der Waals surface area (Å²) in [5, 5.41) is 8.58. The van der Waals surface area contributed by atoms with Gasteiger partial charge >= 0.3 is 0 Å². The van der Waals surface area contributed by atoms with Crippen molar-refractivity contribution in [2.24, 2.45) is 5.92 Å². The summed E-state index contributed by atoms with van der Waals surface area (Å²) in [4.78, 5) is 0. The highest BCUT2D eigenvalue weighted by Crippen LogP contribution is 2.32. The van der Waals surface area contributed by atoms with Gasteiger partial charge in [0.1, 0.15) is 17.9 Å². The number of alkyl halides is 2. The van der Waals surface area contributed by atoms with Crippen molar-refractivity contribution in [2.45, 2.75) is 46.3 Å². The van der Waals surface area contributed by atoms with E-state index >= 15 is 0 Å². The fourth-order valence-electron chi connectivity index (χ4n) is 3.09. The van der Waals surface area contributed by atoms with Crippen molar-refractivity contribution in [3.8, 4) is 0 Å². The molecular formula is C19H23F2N3O. The van der Waals surface area contributed by atoms with E-state index in [2.05, 4.69) is 37.3 Å². The number of aromatic nitrogens is 2. The topological polar surface area (TPSA) is 43.0 Å². The van der Waals surface area contributed by atoms with Crippen LogP contribution >= 0.6 is 0 Å². The van der Waals surface area contributed by atoms with Crippen LogP contribution in [0.25, 0.3) is 11.0 Å². The van der Waals surface area contributed by atoms with Crippen molar-refractivity contribution < 1.29 is 13.2 Å². The summed E-state index contributed by atoms with van der Waals surface area (Å²) in [5.41, 5.74) is 2.89. The molecule has 0 aliphatic carbocycles. The van der Waals surface area contributed by atoms with Crippen molar-refractivity contribution in [1.82, 2.24) is 15.1 Å². The van der Waals surface area contributed by atoms with Crippen LogP contribution in [0.1, 0.15) is 36.8 Å². The maximum absolute atomic E-state index is 12.4. The standard InChI is InChI=1S/C19H23F2N3O/c1-12(2)18(19-13(3)15-6-4-5-7-16(15)25-19)22-8-14-9-23-24(10-14)11-17(20)21/h4-7,9-10,12,17-18,22H,8,11H2,1-3H3. The molecule has 6 heteroatoms. The zero-order valence-corrected chi connectivity index (χ0v) is 14.7. The molecule has 1 aromatic carbocycles. The van der Waals surface area contributed by atoms with Gasteiger partial charge in [0.2, 0.25) is 0 Å². The van der Waals surface area contributed by atoms with Gasteiger partial charge in [-0.05, 0) is 24.5 Å². The Morgan fingerprint density at radius 3 is 2.68 bits per heavy atom. The maximum atomic E-state index is 12.4. The third kappa shape index (κ3) is 3.90. The SMILES string of the molecule is Cc1c(C(NCc2cnn(CC(F)F)c2)C(C)C)oc2ccccc12. The first kappa shape index (κ1) is 17.6. The largest absolute Gasteiger partial charge is 0.459 e. The van der Waals surface area contributed by atoms with Crippen molar-refractivity contribution in [3.05, 3.63) is 53.5 Å². The molecule has 1 N–H and O–H groups in total. The second kappa shape index (κ2) is 7.35. The summed E-state index contributed by atoms with van der Waals surface area (Å²) in [5.74, 6) is 1.24. The molecule has 3 aromatic rings. The Bertz CT molecular complexity index is 838. The van der Waals surface area contributed by atoms with Gasteiger partial charge in [-0.3, -0.25) is 4.68 Å². The summed E-state index contributed by atoms with van der Waals surface area (Å²) in [7, 11) is 0. The number of furan rings is 1. The molecule has 0 bridgehead atoms. The van der Waals surface area contributed by atoms with E-state index in [9.17, 15) is 8.78 Å². The molecule has 4 nitrogen and oxygen atoms in total. The number of hydrogen-bond acceptors (Lipinski definition) is 3. The van der Waals surface area contributed by atoms with Gasteiger partial charge in [0, 0.05) is 23.7 Å². The summed E-state index contributed by atoms with van der Waals surface area (Å²) < 4.78 is 32.2. The monoisotopic (exact) mass is 347 g/mol. The maximum Gasteiger partial charge on any atom is 0.257 e. The van der Waals surface area contributed by atoms with Gasteiger partial charge < -0.3 is 9.73 Å². The van der Waals surface area contributed by atoms with E-state index < -0.39 is 6.43 Å². The van der Waals surface area contributed by atoms with Gasteiger partial charge in [0.05, 0.1) is 12.2 Å². The molecule has 0 saturated carbocycles. The minimum absolute atomic E-state index is 0.0332. The van der Waals surface area contributed by atoms with Gasteiger partial charge in [0.25, 0.3) is 6.43 Å². The number of aryl methyl sites for hydroxylation is 1. The molecule has 2 heterocycles. The summed E-state index contributed by atoms with van der Waals surface area (Å²) in [6, 6.07) is 8.03. The fourth-order valence-corrected chi connectivity index (χ4v) is 3.09. The first-order valence-electron chi connectivity index (χ1n) is 8.46. The average molecular weight is 347 g/mol. The third-order valence-electron chi connectivity index (χ3n) is 4.37. The Morgan fingerprint density at radius 1 is 1.24 bits per heavy atom. The van der Waals surface area contributed by atoms with Crippen LogP contribution in [0.5, 0.6) is 0 Å². The molecule has 0 aliphatic heterocycles. The molecule has 3 rings (SSSR count). The van der Waals surface area contributed by atoms with E-state index in [1.807, 2.05) is 18.2 Å². The number of nitrogens with one attached hydrogen (secondary N) is 1. The van der Waals surface area contributed by atoms with Crippen LogP contribution in [0.15, 0.2) is 41.1 Å². The van der Waals surface area contributed by atoms with E-state index in [0.29, 0.717) is 12.5 Å². The molecule has 25 heavy (non-hydrogen) atoms. The lowest BCUT2D eigenvalue weighted by Crippen LogP contribution is -2.25. The smallest absolute Gasteiger partial charge is 0.257 e. The number of para-hydroxylation sites is 1. The highest BCUT2D eigenvalue weighted by Gasteiger charge is 2.23. The molecule has 134 valence electrons. The lowest BCUT2D eigenvalue weighted by atomic mass is 9.98. The molecule has 0 radical (unpaired) electrons. The number of nitrogens with zero attached hydrogens (tertiary/aromatic N) is 2. The Balaban J connectivity index is 1.77. The Kier molecular flexibility index (Phi) is 5.18. The third-order valence-corrected chi connectivity index (χ3v) is 4.37. The molecule has 1 unspecified atom stereocenters. The second-order valence-corrected chi connectivity index (χ2v) is 6.65. The van der Waals surface area contributed by atoms with Crippen LogP contribution in [-0.2, 0) is 13.1 Å². The number of benzene rings is 1. The van der Waals surface area contributed by atoms with Gasteiger partial charge in [-0.15, -0.1) is 0 Å². The molecule has 0 fully saturated rings. The number of rotatable bonds is 7. The Labute approximate surface area is 145 Å². The molecule has 0 aliphatic rings. The Morgan fingerprint density at radius 2 is 2.00 bits per heavy atom. The minimum Gasteiger partial charge on any atom is -0.459 e. The lowest BCUT2D eigenvalue weighted by molar-refractivity contribution is 0.122. The Hall–Kier alpha value is -2.21. The predicted octanol–water partition coefficient (Wildman–Crippen LogP) is 4.69. The van der Waals surface area contributed by atoms with Gasteiger partial charge in [-0.25, -0.2) is 8.78 Å². The summed E-state index contributed by atoms with van der Waals surface area (Å²) >= 11 is 0. The molecule has 2 aromatic heterocycles. The zero-order valence-electron chi connectivity index (χ0n) is 14.7. The van der Waals surface area contributed by atoms with Crippen molar-refractivity contribution in [1.29, 1.82) is 0 Å². The summed E-state index contributed by atoms with van der Waals surface area (Å²) in [6.45, 7) is 6.49. The zero-order chi connectivity index (χ0) is 18.0. The van der Waals surface area contributed by atoms with Crippen LogP contribution in [0, 0.1) is 12.8 Å². The molecule has 0 spiro atoms. The van der Waals surface area contributed by atoms with E-state index in [1.54, 1.807) is 12.4 Å². The van der Waals surface area contributed by atoms with Crippen LogP contribution in [-0.4, -0.2) is 16.2 Å². The highest BCUT2D eigenvalue weighted by atomic mass is 19.3. The number of halogens is 2. The van der Waals surface area contributed by atoms with E-state index in [4.69, 9.17) is 4.42 Å². The van der Waals surface area contributed by atoms with E-state index in [-0.39, 0.29) is 12.6 Å². The van der Waals surface area contributed by atoms with E-state index in [0.717, 1.165) is 27.9 Å². The van der Waals surface area contributed by atoms with Crippen molar-refractivity contribution in [2.75, 3.05) is 0 Å². The molecular weight excluding hydrogens is 324 g/mol. The number of fused-ring (bicyclic) bond motifs is 1. The van der Waals surface area contributed by atoms with E-state index in [1.165, 1.54) is 4.68 Å². The first-order chi connectivity index (χ1) is 12.0. The number of hydrogen-bond donors (Lipinski definition) is 1. The fraction of sp³-hybridized carbons (Fsp3) is 0.421. The van der Waals surface area contributed by atoms with Crippen LogP contribution in [0.2, 0.25) is 0 Å². The van der Waals surface area contributed by atoms with Gasteiger partial charge in [0.15, 0.2) is 0 Å². The molecule has 0 saturated heterocycles. The van der Waals surface area contributed by atoms with Gasteiger partial charge in [-0.2, -0.15) is 5.10 Å². The normalized spacial score (nSPS) is 13.2. The summed E-state index contributed by atoms with van der Waals surface area (Å²) in [6.07, 6.45) is 0.877. The van der Waals surface area contributed by atoms with Crippen molar-refractivity contribution >= 4 is 11.0 Å². The minimum atomic E-state index is -2.40. The molecule has 1 atom stereocenters. The molecule has 0 amide bonds. The van der Waals surface area contributed by atoms with Crippen LogP contribution in [0.4, 0.5) is 8.78 Å². The van der Waals surface area contributed by atoms with Crippen molar-refractivity contribution in [3.63, 3.8) is 0 Å². The van der Waals surface area contributed by atoms with Crippen LogP contribution in [0.3, 0.4) is 0 Å². The predicted molar refractivity (Wildman–Crippen MR) is 93.6 cm³/mol. The average Bonchev–Trinajstić information content (AvgIpc) is 3.12. The lowest BCUT2D eigenvalue weighted by Gasteiger charge is -2.21. The highest BCUT2D eigenvalue weighted by molar-refractivity contribution is 5.82. The first-order valence-corrected chi connectivity index (χ1v) is 8.46. The second-order valence-electron chi connectivity index (χ2n) is 6.65. The quantitative estimate of drug-likeness (QED) is 0.674. The van der Waals surface area contributed by atoms with Gasteiger partial charge in [-0.1, -0.05) is 32.0 Å².